The first kappa shape index (κ1) is 12.4. The zero-order chi connectivity index (χ0) is 13.2. The van der Waals surface area contributed by atoms with Crippen LogP contribution < -0.4 is 4.72 Å². The predicted molar refractivity (Wildman–Crippen MR) is 61.4 cm³/mol. The fraction of sp³-hybridized carbons (Fsp3) is 0. The molecule has 0 spiro atoms. The van der Waals surface area contributed by atoms with Crippen molar-refractivity contribution in [2.45, 2.75) is 4.90 Å². The lowest BCUT2D eigenvalue weighted by atomic mass is 10.4. The Morgan fingerprint density at radius 3 is 2.28 bits per heavy atom. The van der Waals surface area contributed by atoms with Gasteiger partial charge in [0.25, 0.3) is 10.0 Å². The SMILES string of the molecule is O=S(=O)(Nc1cncc(F)c1)c1ccc(F)cc1. The highest BCUT2D eigenvalue weighted by atomic mass is 32.2. The van der Waals surface area contributed by atoms with Gasteiger partial charge in [-0.15, -0.1) is 0 Å². The van der Waals surface area contributed by atoms with E-state index in [2.05, 4.69) is 9.71 Å². The van der Waals surface area contributed by atoms with Crippen LogP contribution in [0.5, 0.6) is 0 Å². The molecule has 1 heterocycles. The van der Waals surface area contributed by atoms with E-state index in [9.17, 15) is 17.2 Å². The number of benzene rings is 1. The Morgan fingerprint density at radius 1 is 1.00 bits per heavy atom. The van der Waals surface area contributed by atoms with Crippen LogP contribution in [0.3, 0.4) is 0 Å². The van der Waals surface area contributed by atoms with Crippen LogP contribution in [-0.4, -0.2) is 13.4 Å². The average Bonchev–Trinajstić information content (AvgIpc) is 2.29. The lowest BCUT2D eigenvalue weighted by molar-refractivity contribution is 0.599. The molecule has 2 aromatic rings. The van der Waals surface area contributed by atoms with Crippen LogP contribution in [0.25, 0.3) is 0 Å². The topological polar surface area (TPSA) is 59.1 Å². The molecule has 4 nitrogen and oxygen atoms in total. The van der Waals surface area contributed by atoms with E-state index in [1.807, 2.05) is 0 Å². The van der Waals surface area contributed by atoms with Gasteiger partial charge < -0.3 is 0 Å². The van der Waals surface area contributed by atoms with Gasteiger partial charge in [0.15, 0.2) is 0 Å². The number of sulfonamides is 1. The van der Waals surface area contributed by atoms with Gasteiger partial charge in [-0.2, -0.15) is 0 Å². The number of anilines is 1. The summed E-state index contributed by atoms with van der Waals surface area (Å²) in [5.74, 6) is -1.20. The Labute approximate surface area is 102 Å². The highest BCUT2D eigenvalue weighted by Crippen LogP contribution is 2.16. The standard InChI is InChI=1S/C11H8F2N2O2S/c12-8-1-3-11(4-2-8)18(16,17)15-10-5-9(13)6-14-7-10/h1-7,15H. The van der Waals surface area contributed by atoms with Crippen molar-refractivity contribution in [3.8, 4) is 0 Å². The number of hydrogen-bond donors (Lipinski definition) is 1. The molecule has 0 bridgehead atoms. The first-order chi connectivity index (χ1) is 8.47. The molecule has 1 N–H and O–H groups in total. The van der Waals surface area contributed by atoms with Crippen LogP contribution >= 0.6 is 0 Å². The minimum atomic E-state index is -3.87. The normalized spacial score (nSPS) is 11.2. The van der Waals surface area contributed by atoms with Crippen LogP contribution in [0.1, 0.15) is 0 Å². The third kappa shape index (κ3) is 2.80. The van der Waals surface area contributed by atoms with E-state index in [-0.39, 0.29) is 10.6 Å². The van der Waals surface area contributed by atoms with Crippen LogP contribution in [0, 0.1) is 11.6 Å². The lowest BCUT2D eigenvalue weighted by Gasteiger charge is -2.07. The van der Waals surface area contributed by atoms with E-state index in [4.69, 9.17) is 0 Å². The molecule has 0 amide bonds. The molecule has 1 aromatic heterocycles. The van der Waals surface area contributed by atoms with Crippen LogP contribution in [0.4, 0.5) is 14.5 Å². The van der Waals surface area contributed by atoms with Gasteiger partial charge in [-0.05, 0) is 24.3 Å². The molecule has 1 aromatic carbocycles. The Hall–Kier alpha value is -2.02. The Morgan fingerprint density at radius 2 is 1.67 bits per heavy atom. The van der Waals surface area contributed by atoms with Gasteiger partial charge in [0.1, 0.15) is 11.6 Å². The van der Waals surface area contributed by atoms with Crippen LogP contribution in [-0.2, 0) is 10.0 Å². The quantitative estimate of drug-likeness (QED) is 0.929. The summed E-state index contributed by atoms with van der Waals surface area (Å²) in [6, 6.07) is 5.28. The zero-order valence-corrected chi connectivity index (χ0v) is 9.79. The maximum Gasteiger partial charge on any atom is 0.261 e. The molecular formula is C11H8F2N2O2S. The average molecular weight is 270 g/mol. The number of hydrogen-bond acceptors (Lipinski definition) is 3. The van der Waals surface area contributed by atoms with Crippen LogP contribution in [0.2, 0.25) is 0 Å². The van der Waals surface area contributed by atoms with Crippen molar-refractivity contribution in [3.05, 3.63) is 54.4 Å². The summed E-state index contributed by atoms with van der Waals surface area (Å²) < 4.78 is 51.4. The van der Waals surface area contributed by atoms with E-state index in [1.165, 1.54) is 6.20 Å². The third-order valence-corrected chi connectivity index (χ3v) is 3.48. The van der Waals surface area contributed by atoms with Crippen molar-refractivity contribution in [2.24, 2.45) is 0 Å². The molecule has 0 unspecified atom stereocenters. The summed E-state index contributed by atoms with van der Waals surface area (Å²) in [6.07, 6.45) is 2.12. The lowest BCUT2D eigenvalue weighted by Crippen LogP contribution is -2.13. The molecule has 0 saturated carbocycles. The van der Waals surface area contributed by atoms with Crippen LogP contribution in [0.15, 0.2) is 47.6 Å². The molecule has 2 rings (SSSR count). The summed E-state index contributed by atoms with van der Waals surface area (Å²) >= 11 is 0. The predicted octanol–water partition coefficient (Wildman–Crippen LogP) is 2.16. The fourth-order valence-electron chi connectivity index (χ4n) is 1.30. The van der Waals surface area contributed by atoms with Crippen molar-refractivity contribution in [2.75, 3.05) is 4.72 Å². The summed E-state index contributed by atoms with van der Waals surface area (Å²) in [5.41, 5.74) is -0.000625. The minimum absolute atomic E-state index is 0.000625. The van der Waals surface area contributed by atoms with E-state index in [0.717, 1.165) is 36.5 Å². The molecule has 0 aliphatic rings. The zero-order valence-electron chi connectivity index (χ0n) is 8.97. The highest BCUT2D eigenvalue weighted by molar-refractivity contribution is 7.92. The fourth-order valence-corrected chi connectivity index (χ4v) is 2.33. The number of aromatic nitrogens is 1. The van der Waals surface area contributed by atoms with Gasteiger partial charge in [0.05, 0.1) is 23.0 Å². The maximum absolute atomic E-state index is 12.9. The van der Waals surface area contributed by atoms with Crippen molar-refractivity contribution >= 4 is 15.7 Å². The van der Waals surface area contributed by atoms with E-state index < -0.39 is 21.7 Å². The first-order valence-electron chi connectivity index (χ1n) is 4.86. The minimum Gasteiger partial charge on any atom is -0.278 e. The molecule has 0 radical (unpaired) electrons. The first-order valence-corrected chi connectivity index (χ1v) is 6.35. The summed E-state index contributed by atoms with van der Waals surface area (Å²) in [5, 5.41) is 0. The van der Waals surface area contributed by atoms with Gasteiger partial charge >= 0.3 is 0 Å². The Bertz CT molecular complexity index is 657. The van der Waals surface area contributed by atoms with Gasteiger partial charge in [0, 0.05) is 6.07 Å². The molecule has 18 heavy (non-hydrogen) atoms. The number of rotatable bonds is 3. The number of nitrogens with zero attached hydrogens (tertiary/aromatic N) is 1. The molecule has 0 atom stereocenters. The number of halogens is 2. The van der Waals surface area contributed by atoms with Crippen molar-refractivity contribution in [3.63, 3.8) is 0 Å². The molecule has 0 saturated heterocycles. The number of pyridine rings is 1. The van der Waals surface area contributed by atoms with Gasteiger partial charge in [-0.3, -0.25) is 9.71 Å². The monoisotopic (exact) mass is 270 g/mol. The second-order valence-corrected chi connectivity index (χ2v) is 5.13. The molecule has 0 aliphatic carbocycles. The Balaban J connectivity index is 2.30. The van der Waals surface area contributed by atoms with Gasteiger partial charge in [0.2, 0.25) is 0 Å². The molecule has 7 heteroatoms. The third-order valence-electron chi connectivity index (χ3n) is 2.08. The van der Waals surface area contributed by atoms with Gasteiger partial charge in [-0.25, -0.2) is 17.2 Å². The van der Waals surface area contributed by atoms with Crippen molar-refractivity contribution in [1.29, 1.82) is 0 Å². The van der Waals surface area contributed by atoms with Crippen molar-refractivity contribution < 1.29 is 17.2 Å². The largest absolute Gasteiger partial charge is 0.278 e. The molecular weight excluding hydrogens is 262 g/mol. The van der Waals surface area contributed by atoms with Crippen molar-refractivity contribution in [1.82, 2.24) is 4.98 Å². The van der Waals surface area contributed by atoms with E-state index in [1.54, 1.807) is 0 Å². The smallest absolute Gasteiger partial charge is 0.261 e. The van der Waals surface area contributed by atoms with E-state index in [0.29, 0.717) is 0 Å². The maximum atomic E-state index is 12.9. The molecule has 94 valence electrons. The van der Waals surface area contributed by atoms with Gasteiger partial charge in [-0.1, -0.05) is 0 Å². The summed E-state index contributed by atoms with van der Waals surface area (Å²) in [4.78, 5) is 3.40. The van der Waals surface area contributed by atoms with E-state index >= 15 is 0 Å². The second-order valence-electron chi connectivity index (χ2n) is 3.45. The second kappa shape index (κ2) is 4.69. The Kier molecular flexibility index (Phi) is 3.24. The molecule has 0 aliphatic heterocycles. The molecule has 0 fully saturated rings. The summed E-state index contributed by atoms with van der Waals surface area (Å²) in [6.45, 7) is 0. The highest BCUT2D eigenvalue weighted by Gasteiger charge is 2.14. The number of nitrogens with one attached hydrogen (secondary N) is 1. The summed E-state index contributed by atoms with van der Waals surface area (Å²) in [7, 11) is -3.87.